The van der Waals surface area contributed by atoms with Crippen LogP contribution in [-0.2, 0) is 29.0 Å². The van der Waals surface area contributed by atoms with E-state index in [1.54, 1.807) is 9.80 Å². The maximum Gasteiger partial charge on any atom is 0.254 e. The maximum atomic E-state index is 13.8. The van der Waals surface area contributed by atoms with E-state index < -0.39 is 0 Å². The van der Waals surface area contributed by atoms with Gasteiger partial charge in [-0.3, -0.25) is 14.5 Å². The lowest BCUT2D eigenvalue weighted by Gasteiger charge is -2.31. The van der Waals surface area contributed by atoms with Crippen molar-refractivity contribution in [1.82, 2.24) is 14.7 Å². The Balaban J connectivity index is 1.48. The third-order valence-corrected chi connectivity index (χ3v) is 7.63. The minimum absolute atomic E-state index is 0.00840. The molecular weight excluding hydrogens is 514 g/mol. The molecule has 0 unspecified atom stereocenters. The highest BCUT2D eigenvalue weighted by molar-refractivity contribution is 5.96. The summed E-state index contributed by atoms with van der Waals surface area (Å²) in [5.41, 5.74) is 2.90. The second kappa shape index (κ2) is 16.1. The third kappa shape index (κ3) is 9.87. The number of hydrogen-bond acceptors (Lipinski definition) is 5. The van der Waals surface area contributed by atoms with Crippen LogP contribution in [-0.4, -0.2) is 72.5 Å². The van der Waals surface area contributed by atoms with Gasteiger partial charge in [0.25, 0.3) is 5.91 Å². The number of hydrogen-bond donors (Lipinski definition) is 0. The Morgan fingerprint density at radius 1 is 0.829 bits per heavy atom. The van der Waals surface area contributed by atoms with Gasteiger partial charge >= 0.3 is 0 Å². The lowest BCUT2D eigenvalue weighted by Crippen LogP contribution is -2.47. The van der Waals surface area contributed by atoms with Crippen molar-refractivity contribution in [3.63, 3.8) is 0 Å². The van der Waals surface area contributed by atoms with E-state index in [0.717, 1.165) is 43.0 Å². The van der Waals surface area contributed by atoms with E-state index in [1.807, 2.05) is 61.5 Å². The van der Waals surface area contributed by atoms with Gasteiger partial charge in [-0.15, -0.1) is 0 Å². The molecule has 41 heavy (non-hydrogen) atoms. The zero-order chi connectivity index (χ0) is 28.9. The number of carbonyl (C=O) groups is 2. The highest BCUT2D eigenvalue weighted by Gasteiger charge is 2.24. The molecule has 0 atom stereocenters. The molecule has 0 saturated carbocycles. The molecule has 0 aliphatic carbocycles. The molecule has 3 aromatic rings. The number of nitrogens with zero attached hydrogens (tertiary/aromatic N) is 3. The second-order valence-electron chi connectivity index (χ2n) is 10.9. The fourth-order valence-electron chi connectivity index (χ4n) is 5.15. The number of ether oxygens (including phenoxy) is 1. The fraction of sp³-hybridized carbons (Fsp3) is 0.471. The number of carbonyl (C=O) groups excluding carboxylic acids is 2. The molecule has 2 heterocycles. The topological polar surface area (TPSA) is 66.2 Å². The van der Waals surface area contributed by atoms with Crippen LogP contribution in [0, 0.1) is 6.92 Å². The van der Waals surface area contributed by atoms with Gasteiger partial charge in [0.2, 0.25) is 5.91 Å². The van der Waals surface area contributed by atoms with Gasteiger partial charge in [0, 0.05) is 38.3 Å². The standard InChI is InChI=1S/C34H45N3O4/c1-3-4-5-7-10-29-14-16-31(17-15-29)34(39)36(20-19-35-21-23-40-24-22-35)27-33(38)37(25-30-11-8-6-9-12-30)26-32-18-13-28(2)41-32/h6,8-9,11-18H,3-5,7,10,19-27H2,1-2H3. The first-order valence-corrected chi connectivity index (χ1v) is 15.1. The van der Waals surface area contributed by atoms with Crippen molar-refractivity contribution in [3.05, 3.63) is 94.9 Å². The molecule has 2 amide bonds. The van der Waals surface area contributed by atoms with Crippen LogP contribution >= 0.6 is 0 Å². The molecule has 1 aliphatic heterocycles. The van der Waals surface area contributed by atoms with Gasteiger partial charge in [-0.05, 0) is 55.2 Å². The molecule has 1 saturated heterocycles. The van der Waals surface area contributed by atoms with E-state index in [2.05, 4.69) is 24.0 Å². The molecule has 220 valence electrons. The Labute approximate surface area is 245 Å². The van der Waals surface area contributed by atoms with Crippen molar-refractivity contribution in [2.45, 2.75) is 59.0 Å². The van der Waals surface area contributed by atoms with Gasteiger partial charge in [0.15, 0.2) is 0 Å². The first-order valence-electron chi connectivity index (χ1n) is 15.1. The van der Waals surface area contributed by atoms with Crippen LogP contribution in [0.15, 0.2) is 71.1 Å². The number of unbranched alkanes of at least 4 members (excludes halogenated alkanes) is 3. The zero-order valence-electron chi connectivity index (χ0n) is 24.7. The minimum Gasteiger partial charge on any atom is -0.464 e. The van der Waals surface area contributed by atoms with Crippen LogP contribution in [0.25, 0.3) is 0 Å². The molecule has 0 N–H and O–H groups in total. The summed E-state index contributed by atoms with van der Waals surface area (Å²) in [6.07, 6.45) is 5.88. The van der Waals surface area contributed by atoms with Gasteiger partial charge in [0.1, 0.15) is 18.1 Å². The summed E-state index contributed by atoms with van der Waals surface area (Å²) >= 11 is 0. The first kappa shape index (κ1) is 30.5. The summed E-state index contributed by atoms with van der Waals surface area (Å²) in [5.74, 6) is 1.32. The quantitative estimate of drug-likeness (QED) is 0.223. The van der Waals surface area contributed by atoms with E-state index in [-0.39, 0.29) is 18.4 Å². The molecule has 0 bridgehead atoms. The number of furan rings is 1. The van der Waals surface area contributed by atoms with Gasteiger partial charge in [-0.1, -0.05) is 68.7 Å². The number of aryl methyl sites for hydroxylation is 2. The molecule has 7 heteroatoms. The highest BCUT2D eigenvalue weighted by atomic mass is 16.5. The van der Waals surface area contributed by atoms with E-state index in [4.69, 9.17) is 9.15 Å². The molecule has 1 aromatic heterocycles. The minimum atomic E-state index is -0.113. The monoisotopic (exact) mass is 559 g/mol. The lowest BCUT2D eigenvalue weighted by atomic mass is 10.0. The Kier molecular flexibility index (Phi) is 12.0. The van der Waals surface area contributed by atoms with Gasteiger partial charge < -0.3 is 19.0 Å². The Morgan fingerprint density at radius 2 is 1.59 bits per heavy atom. The van der Waals surface area contributed by atoms with E-state index >= 15 is 0 Å². The van der Waals surface area contributed by atoms with Gasteiger partial charge in [-0.25, -0.2) is 0 Å². The smallest absolute Gasteiger partial charge is 0.254 e. The average Bonchev–Trinajstić information content (AvgIpc) is 3.42. The maximum absolute atomic E-state index is 13.8. The molecule has 0 spiro atoms. The largest absolute Gasteiger partial charge is 0.464 e. The summed E-state index contributed by atoms with van der Waals surface area (Å²) in [4.78, 5) is 33.4. The summed E-state index contributed by atoms with van der Waals surface area (Å²) in [6.45, 7) is 9.15. The van der Waals surface area contributed by atoms with Crippen LogP contribution in [0.4, 0.5) is 0 Å². The average molecular weight is 560 g/mol. The molecule has 7 nitrogen and oxygen atoms in total. The highest BCUT2D eigenvalue weighted by Crippen LogP contribution is 2.16. The van der Waals surface area contributed by atoms with Crippen molar-refractivity contribution in [2.75, 3.05) is 45.9 Å². The second-order valence-corrected chi connectivity index (χ2v) is 10.9. The van der Waals surface area contributed by atoms with E-state index in [0.29, 0.717) is 45.0 Å². The predicted octanol–water partition coefficient (Wildman–Crippen LogP) is 5.71. The predicted molar refractivity (Wildman–Crippen MR) is 162 cm³/mol. The summed E-state index contributed by atoms with van der Waals surface area (Å²) in [6, 6.07) is 21.7. The SMILES string of the molecule is CCCCCCc1ccc(C(=O)N(CCN2CCOCC2)CC(=O)N(Cc2ccccc2)Cc2ccc(C)o2)cc1. The fourth-order valence-corrected chi connectivity index (χ4v) is 5.15. The van der Waals surface area contributed by atoms with Crippen molar-refractivity contribution < 1.29 is 18.7 Å². The molecule has 4 rings (SSSR count). The van der Waals surface area contributed by atoms with Crippen molar-refractivity contribution in [3.8, 4) is 0 Å². The number of rotatable bonds is 15. The van der Waals surface area contributed by atoms with Crippen molar-refractivity contribution >= 4 is 11.8 Å². The Bertz CT molecular complexity index is 1200. The summed E-state index contributed by atoms with van der Waals surface area (Å²) < 4.78 is 11.3. The summed E-state index contributed by atoms with van der Waals surface area (Å²) in [5, 5.41) is 0. The third-order valence-electron chi connectivity index (χ3n) is 7.63. The van der Waals surface area contributed by atoms with Crippen LogP contribution < -0.4 is 0 Å². The van der Waals surface area contributed by atoms with Crippen LogP contribution in [0.1, 0.15) is 65.6 Å². The molecular formula is C34H45N3O4. The Morgan fingerprint density at radius 3 is 2.27 bits per heavy atom. The lowest BCUT2D eigenvalue weighted by molar-refractivity contribution is -0.133. The normalized spacial score (nSPS) is 13.7. The zero-order valence-corrected chi connectivity index (χ0v) is 24.7. The number of morpholine rings is 1. The van der Waals surface area contributed by atoms with Crippen LogP contribution in [0.2, 0.25) is 0 Å². The molecule has 1 fully saturated rings. The van der Waals surface area contributed by atoms with Crippen molar-refractivity contribution in [1.29, 1.82) is 0 Å². The van der Waals surface area contributed by atoms with Gasteiger partial charge in [-0.2, -0.15) is 0 Å². The Hall–Kier alpha value is -3.42. The van der Waals surface area contributed by atoms with E-state index in [1.165, 1.54) is 24.8 Å². The van der Waals surface area contributed by atoms with Crippen molar-refractivity contribution in [2.24, 2.45) is 0 Å². The molecule has 0 radical (unpaired) electrons. The van der Waals surface area contributed by atoms with Crippen LogP contribution in [0.3, 0.4) is 0 Å². The number of benzene rings is 2. The van der Waals surface area contributed by atoms with Gasteiger partial charge in [0.05, 0.1) is 19.8 Å². The number of amides is 2. The first-order chi connectivity index (χ1) is 20.0. The molecule has 1 aliphatic rings. The molecule has 2 aromatic carbocycles. The van der Waals surface area contributed by atoms with Crippen LogP contribution in [0.5, 0.6) is 0 Å². The summed E-state index contributed by atoms with van der Waals surface area (Å²) in [7, 11) is 0. The van der Waals surface area contributed by atoms with E-state index in [9.17, 15) is 9.59 Å².